The fourth-order valence-corrected chi connectivity index (χ4v) is 3.46. The number of fused-ring (bicyclic) bond motifs is 1. The van der Waals surface area contributed by atoms with Crippen LogP contribution in [0.25, 0.3) is 0 Å². The number of aryl methyl sites for hydroxylation is 1. The van der Waals surface area contributed by atoms with Crippen molar-refractivity contribution in [1.82, 2.24) is 0 Å². The summed E-state index contributed by atoms with van der Waals surface area (Å²) in [4.78, 5) is 1.50. The monoisotopic (exact) mass is 192 g/mol. The Morgan fingerprint density at radius 2 is 2.08 bits per heavy atom. The third kappa shape index (κ3) is 1.62. The fraction of sp³-hybridized carbons (Fsp3) is 0.500. The van der Waals surface area contributed by atoms with E-state index in [0.717, 1.165) is 0 Å². The molecule has 0 amide bonds. The van der Waals surface area contributed by atoms with Crippen LogP contribution in [0.2, 0.25) is 0 Å². The molecule has 0 radical (unpaired) electrons. The van der Waals surface area contributed by atoms with Gasteiger partial charge in [-0.2, -0.15) is 0 Å². The van der Waals surface area contributed by atoms with Gasteiger partial charge in [0.1, 0.15) is 0 Å². The van der Waals surface area contributed by atoms with Gasteiger partial charge in [0.25, 0.3) is 0 Å². The van der Waals surface area contributed by atoms with Gasteiger partial charge < -0.3 is 0 Å². The molecule has 0 N–H and O–H groups in total. The van der Waals surface area contributed by atoms with Crippen LogP contribution in [0.15, 0.2) is 23.1 Å². The molecule has 1 aliphatic heterocycles. The van der Waals surface area contributed by atoms with Crippen LogP contribution in [-0.2, 0) is 5.41 Å². The fourth-order valence-electron chi connectivity index (χ4n) is 1.86. The van der Waals surface area contributed by atoms with Gasteiger partial charge in [-0.1, -0.05) is 26.0 Å². The second-order valence-electron chi connectivity index (χ2n) is 4.48. The molecule has 1 aromatic rings. The van der Waals surface area contributed by atoms with Gasteiger partial charge in [-0.15, -0.1) is 11.8 Å². The van der Waals surface area contributed by atoms with Crippen molar-refractivity contribution in [1.29, 1.82) is 0 Å². The van der Waals surface area contributed by atoms with Crippen molar-refractivity contribution in [3.8, 4) is 0 Å². The van der Waals surface area contributed by atoms with E-state index in [1.165, 1.54) is 28.2 Å². The van der Waals surface area contributed by atoms with Crippen LogP contribution in [-0.4, -0.2) is 5.75 Å². The maximum atomic E-state index is 2.35. The lowest BCUT2D eigenvalue weighted by Gasteiger charge is -2.32. The van der Waals surface area contributed by atoms with Crippen molar-refractivity contribution < 1.29 is 0 Å². The molecule has 0 fully saturated rings. The van der Waals surface area contributed by atoms with Gasteiger partial charge in [0.05, 0.1) is 0 Å². The molecule has 13 heavy (non-hydrogen) atoms. The zero-order valence-electron chi connectivity index (χ0n) is 8.55. The van der Waals surface area contributed by atoms with Gasteiger partial charge in [0.15, 0.2) is 0 Å². The largest absolute Gasteiger partial charge is 0.126 e. The summed E-state index contributed by atoms with van der Waals surface area (Å²) in [6, 6.07) is 6.85. The van der Waals surface area contributed by atoms with Crippen LogP contribution in [0.4, 0.5) is 0 Å². The average Bonchev–Trinajstić information content (AvgIpc) is 2.02. The summed E-state index contributed by atoms with van der Waals surface area (Å²) in [5.41, 5.74) is 3.30. The molecule has 0 bridgehead atoms. The zero-order valence-corrected chi connectivity index (χ0v) is 9.37. The van der Waals surface area contributed by atoms with E-state index in [2.05, 4.69) is 39.0 Å². The van der Waals surface area contributed by atoms with Crippen LogP contribution >= 0.6 is 11.8 Å². The quantitative estimate of drug-likeness (QED) is 0.603. The van der Waals surface area contributed by atoms with Gasteiger partial charge in [0, 0.05) is 4.90 Å². The summed E-state index contributed by atoms with van der Waals surface area (Å²) >= 11 is 2.01. The molecule has 0 unspecified atom stereocenters. The molecule has 2 rings (SSSR count). The van der Waals surface area contributed by atoms with Crippen molar-refractivity contribution in [2.75, 3.05) is 5.75 Å². The molecule has 0 aliphatic carbocycles. The summed E-state index contributed by atoms with van der Waals surface area (Å²) in [6.07, 6.45) is 1.30. The summed E-state index contributed by atoms with van der Waals surface area (Å²) in [6.45, 7) is 6.87. The Balaban J connectivity index is 2.53. The molecule has 0 saturated carbocycles. The highest BCUT2D eigenvalue weighted by Gasteiger charge is 2.27. The lowest BCUT2D eigenvalue weighted by molar-refractivity contribution is 0.494. The van der Waals surface area contributed by atoms with Gasteiger partial charge in [-0.05, 0) is 41.7 Å². The topological polar surface area (TPSA) is 0 Å². The van der Waals surface area contributed by atoms with Crippen molar-refractivity contribution in [2.45, 2.75) is 37.5 Å². The van der Waals surface area contributed by atoms with Crippen LogP contribution in [0.5, 0.6) is 0 Å². The molecule has 1 aliphatic rings. The summed E-state index contributed by atoms with van der Waals surface area (Å²) in [5.74, 6) is 1.27. The second-order valence-corrected chi connectivity index (χ2v) is 5.62. The lowest BCUT2D eigenvalue weighted by atomic mass is 9.81. The molecular weight excluding hydrogens is 176 g/mol. The molecule has 1 aromatic carbocycles. The first-order valence-corrected chi connectivity index (χ1v) is 5.82. The van der Waals surface area contributed by atoms with Crippen molar-refractivity contribution >= 4 is 11.8 Å². The Hall–Kier alpha value is -0.430. The minimum absolute atomic E-state index is 0.383. The first kappa shape index (κ1) is 9.14. The Morgan fingerprint density at radius 3 is 2.85 bits per heavy atom. The maximum absolute atomic E-state index is 2.35. The number of benzene rings is 1. The number of rotatable bonds is 0. The highest BCUT2D eigenvalue weighted by atomic mass is 32.2. The smallest absolute Gasteiger partial charge is 0.0112 e. The Bertz CT molecular complexity index is 326. The van der Waals surface area contributed by atoms with E-state index in [1.807, 2.05) is 11.8 Å². The van der Waals surface area contributed by atoms with Crippen LogP contribution in [0.3, 0.4) is 0 Å². The van der Waals surface area contributed by atoms with Gasteiger partial charge in [0.2, 0.25) is 0 Å². The molecular formula is C12H16S. The SMILES string of the molecule is Cc1ccc2c(c1)SCCC2(C)C. The predicted octanol–water partition coefficient (Wildman–Crippen LogP) is 3.77. The minimum Gasteiger partial charge on any atom is -0.126 e. The zero-order chi connectivity index (χ0) is 9.47. The molecule has 0 saturated heterocycles. The third-order valence-corrected chi connectivity index (χ3v) is 3.91. The highest BCUT2D eigenvalue weighted by molar-refractivity contribution is 7.99. The molecule has 0 spiro atoms. The summed E-state index contributed by atoms with van der Waals surface area (Å²) in [7, 11) is 0. The van der Waals surface area contributed by atoms with Gasteiger partial charge >= 0.3 is 0 Å². The van der Waals surface area contributed by atoms with Gasteiger partial charge in [-0.3, -0.25) is 0 Å². The van der Waals surface area contributed by atoms with E-state index in [-0.39, 0.29) is 0 Å². The predicted molar refractivity (Wildman–Crippen MR) is 59.5 cm³/mol. The minimum atomic E-state index is 0.383. The van der Waals surface area contributed by atoms with E-state index >= 15 is 0 Å². The highest BCUT2D eigenvalue weighted by Crippen LogP contribution is 2.41. The molecule has 1 heterocycles. The normalized spacial score (nSPS) is 19.6. The first-order chi connectivity index (χ1) is 6.09. The maximum Gasteiger partial charge on any atom is 0.0112 e. The number of thioether (sulfide) groups is 1. The van der Waals surface area contributed by atoms with Crippen LogP contribution < -0.4 is 0 Å². The van der Waals surface area contributed by atoms with Gasteiger partial charge in [-0.25, -0.2) is 0 Å². The van der Waals surface area contributed by atoms with E-state index in [0.29, 0.717) is 5.41 Å². The Kier molecular flexibility index (Phi) is 2.15. The Morgan fingerprint density at radius 1 is 1.31 bits per heavy atom. The molecule has 70 valence electrons. The van der Waals surface area contributed by atoms with Crippen molar-refractivity contribution in [3.63, 3.8) is 0 Å². The third-order valence-electron chi connectivity index (χ3n) is 2.85. The molecule has 0 atom stereocenters. The number of hydrogen-bond donors (Lipinski definition) is 0. The molecule has 1 heteroatoms. The first-order valence-electron chi connectivity index (χ1n) is 4.83. The van der Waals surface area contributed by atoms with Crippen LogP contribution in [0.1, 0.15) is 31.4 Å². The van der Waals surface area contributed by atoms with Crippen molar-refractivity contribution in [3.05, 3.63) is 29.3 Å². The second kappa shape index (κ2) is 3.06. The number of hydrogen-bond acceptors (Lipinski definition) is 1. The van der Waals surface area contributed by atoms with Crippen molar-refractivity contribution in [2.24, 2.45) is 0 Å². The molecule has 0 nitrogen and oxygen atoms in total. The average molecular weight is 192 g/mol. The van der Waals surface area contributed by atoms with E-state index in [9.17, 15) is 0 Å². The summed E-state index contributed by atoms with van der Waals surface area (Å²) in [5, 5.41) is 0. The lowest BCUT2D eigenvalue weighted by Crippen LogP contribution is -2.22. The summed E-state index contributed by atoms with van der Waals surface area (Å²) < 4.78 is 0. The Labute approximate surface area is 84.7 Å². The van der Waals surface area contributed by atoms with E-state index in [4.69, 9.17) is 0 Å². The van der Waals surface area contributed by atoms with E-state index in [1.54, 1.807) is 0 Å². The van der Waals surface area contributed by atoms with E-state index < -0.39 is 0 Å². The molecule has 0 aromatic heterocycles. The standard InChI is InChI=1S/C12H16S/c1-9-4-5-10-11(8-9)13-7-6-12(10,2)3/h4-5,8H,6-7H2,1-3H3. The van der Waals surface area contributed by atoms with Crippen LogP contribution in [0, 0.1) is 6.92 Å².